The highest BCUT2D eigenvalue weighted by Crippen LogP contribution is 1.67. The Morgan fingerprint density at radius 3 is 0.176 bits per heavy atom. The van der Waals surface area contributed by atoms with Gasteiger partial charge in [0.2, 0.25) is 0 Å². The van der Waals surface area contributed by atoms with Crippen molar-refractivity contribution in [2.24, 2.45) is 0 Å². The summed E-state index contributed by atoms with van der Waals surface area (Å²) in [5.41, 5.74) is 0. The van der Waals surface area contributed by atoms with E-state index in [0.29, 0.717) is 0 Å². The minimum absolute atomic E-state index is 1.62. The van der Waals surface area contributed by atoms with Crippen LogP contribution >= 0.6 is 0 Å². The number of nitriles is 1. The van der Waals surface area contributed by atoms with E-state index in [9.17, 15) is 0 Å². The van der Waals surface area contributed by atoms with Gasteiger partial charge in [0.15, 0.2) is 6.07 Å². The second-order valence-electron chi connectivity index (χ2n) is 12.5. The molecule has 0 heterocycles. The summed E-state index contributed by atoms with van der Waals surface area (Å²) in [5, 5.41) is 8.22. The second-order valence-corrected chi connectivity index (χ2v) is 12.5. The van der Waals surface area contributed by atoms with E-state index in [0.717, 1.165) is 0 Å². The van der Waals surface area contributed by atoms with Crippen LogP contribution in [-0.4, -0.2) is 0 Å². The van der Waals surface area contributed by atoms with Gasteiger partial charge in [0.1, 0.15) is 0 Å². The van der Waals surface area contributed by atoms with Gasteiger partial charge in [-0.25, -0.2) is 0 Å². The zero-order valence-electron chi connectivity index (χ0n) is 51.0. The average Bonchev–Trinajstić information content (AvgIpc) is 3.74. The van der Waals surface area contributed by atoms with Crippen LogP contribution in [0.1, 0.15) is 0 Å². The summed E-state index contributed by atoms with van der Waals surface area (Å²) >= 11 is 0. The molecule has 0 bridgehead atoms. The van der Waals surface area contributed by atoms with Gasteiger partial charge in [-0.2, -0.15) is 5.26 Å². The third-order valence-electron chi connectivity index (χ3n) is 6.19. The van der Waals surface area contributed by atoms with Crippen molar-refractivity contribution < 1.29 is 0 Å². The Morgan fingerprint density at radius 2 is 0.127 bits per heavy atom. The first-order valence-corrected chi connectivity index (χ1v) is 25.3. The molecule has 102 heavy (non-hydrogen) atoms. The molecule has 0 fully saturated rings. The summed E-state index contributed by atoms with van der Waals surface area (Å²) in [6, 6.07) is 1.62. The summed E-state index contributed by atoms with van der Waals surface area (Å²) in [7, 11) is 0. The van der Waals surface area contributed by atoms with Crippen molar-refractivity contribution in [3.63, 3.8) is 0 Å². The van der Waals surface area contributed by atoms with Crippen LogP contribution in [0, 0.1) is 604 Å². The predicted octanol–water partition coefficient (Wildman–Crippen LogP) is 0.310. The van der Waals surface area contributed by atoms with E-state index in [1.807, 2.05) is 0 Å². The Labute approximate surface area is 600 Å². The smallest absolute Gasteiger partial charge is 0.153 e. The maximum absolute atomic E-state index is 8.22. The first-order valence-electron chi connectivity index (χ1n) is 25.3. The minimum Gasteiger partial charge on any atom is -0.183 e. The topological polar surface area (TPSA) is 23.8 Å². The quantitative estimate of drug-likeness (QED) is 0.321. The molecule has 1 nitrogen and oxygen atoms in total. The molecular formula is C101HN. The first-order chi connectivity index (χ1) is 50.9. The van der Waals surface area contributed by atoms with E-state index < -0.39 is 0 Å². The Morgan fingerprint density at radius 1 is 0.0784 bits per heavy atom. The van der Waals surface area contributed by atoms with E-state index in [1.54, 1.807) is 6.07 Å². The Kier molecular flexibility index (Phi) is 61.2. The molecule has 0 atom stereocenters. The zero-order chi connectivity index (χ0) is 72.7. The fraction of sp³-hybridized carbons (Fsp3) is 0. The molecule has 0 aliphatic heterocycles. The van der Waals surface area contributed by atoms with Gasteiger partial charge < -0.3 is 0 Å². The molecule has 0 spiro atoms. The van der Waals surface area contributed by atoms with Crippen molar-refractivity contribution in [2.75, 3.05) is 0 Å². The van der Waals surface area contributed by atoms with Crippen molar-refractivity contribution in [2.45, 2.75) is 0 Å². The van der Waals surface area contributed by atoms with Crippen molar-refractivity contribution in [1.82, 2.24) is 0 Å². The van der Waals surface area contributed by atoms with Crippen molar-refractivity contribution in [3.8, 4) is 599 Å². The van der Waals surface area contributed by atoms with Crippen LogP contribution < -0.4 is 0 Å². The fourth-order valence-corrected chi connectivity index (χ4v) is 3.06. The first kappa shape index (κ1) is 79.5. The molecule has 0 amide bonds. The van der Waals surface area contributed by atoms with Crippen molar-refractivity contribution >= 4 is 0 Å². The molecular weight excluding hydrogens is 1230 g/mol. The van der Waals surface area contributed by atoms with Gasteiger partial charge in [-0.05, 0) is 47.4 Å². The van der Waals surface area contributed by atoms with Crippen LogP contribution in [0.3, 0.4) is 0 Å². The van der Waals surface area contributed by atoms with Crippen LogP contribution in [0.5, 0.6) is 0 Å². The normalized spacial score (nSPS) is 3.94. The molecule has 0 aromatic carbocycles. The van der Waals surface area contributed by atoms with Crippen molar-refractivity contribution in [1.29, 1.82) is 5.26 Å². The molecule has 0 aromatic rings. The van der Waals surface area contributed by atoms with Gasteiger partial charge in [0.05, 0.1) is 0 Å². The summed E-state index contributed by atoms with van der Waals surface area (Å²) in [6.07, 6.45) is 4.95. The summed E-state index contributed by atoms with van der Waals surface area (Å²) in [6.45, 7) is 0. The van der Waals surface area contributed by atoms with E-state index in [2.05, 4.69) is 586 Å². The van der Waals surface area contributed by atoms with Gasteiger partial charge in [-0.15, -0.1) is 6.42 Å². The molecule has 0 N–H and O–H groups in total. The van der Waals surface area contributed by atoms with Crippen LogP contribution in [0.4, 0.5) is 0 Å². The van der Waals surface area contributed by atoms with Crippen LogP contribution in [0.25, 0.3) is 0 Å². The number of nitrogens with zero attached hydrogens (tertiary/aromatic N) is 1. The maximum Gasteiger partial charge on any atom is 0.153 e. The number of hydrogen-bond donors (Lipinski definition) is 0. The predicted molar refractivity (Wildman–Crippen MR) is 395 cm³/mol. The Hall–Kier alpha value is -22.5. The summed E-state index contributed by atoms with van der Waals surface area (Å²) in [4.78, 5) is 0. The molecule has 0 aliphatic rings. The van der Waals surface area contributed by atoms with E-state index in [4.69, 9.17) is 11.7 Å². The lowest BCUT2D eigenvalue weighted by atomic mass is 10.4. The second kappa shape index (κ2) is 78.5. The molecule has 0 saturated heterocycles. The SMILES string of the molecule is C#CC#CC#CC#CC#CC#CC#CC#CC#CC#CC#CC#CC#CC#CC#CC#CC#CC#CC#CC#CC#CC#CC#CC#CC#CC#CC#CC#CC#CC#CC#CC#CC#CC#CC#CC#CC#CC#CC#CC#CC#CC#CC#CC#CC#CC#CC#CC#CC#CC#CC#N. The van der Waals surface area contributed by atoms with E-state index in [-0.39, 0.29) is 0 Å². The lowest BCUT2D eigenvalue weighted by molar-refractivity contribution is 1.55. The summed E-state index contributed by atoms with van der Waals surface area (Å²) < 4.78 is 0. The highest BCUT2D eigenvalue weighted by molar-refractivity contribution is 5.56. The van der Waals surface area contributed by atoms with Crippen molar-refractivity contribution in [3.05, 3.63) is 0 Å². The van der Waals surface area contributed by atoms with Crippen LogP contribution in [0.2, 0.25) is 0 Å². The monoisotopic (exact) mass is 1230 g/mol. The minimum atomic E-state index is 1.62. The molecule has 410 valence electrons. The van der Waals surface area contributed by atoms with Crippen LogP contribution in [-0.2, 0) is 0 Å². The molecule has 0 radical (unpaired) electrons. The summed E-state index contributed by atoms with van der Waals surface area (Å²) in [5.74, 6) is 245. The van der Waals surface area contributed by atoms with Gasteiger partial charge in [-0.3, -0.25) is 0 Å². The molecule has 0 unspecified atom stereocenters. The van der Waals surface area contributed by atoms with Gasteiger partial charge in [0, 0.05) is 539 Å². The lowest BCUT2D eigenvalue weighted by Gasteiger charge is -1.58. The maximum atomic E-state index is 8.22. The molecule has 0 saturated carbocycles. The zero-order valence-corrected chi connectivity index (χ0v) is 51.0. The van der Waals surface area contributed by atoms with E-state index in [1.165, 1.54) is 0 Å². The standard InChI is InChI=1S/C101HN/c1-2-3-4-5-6-7-8-9-10-11-12-13-14-15-16-17-18-19-20-21-22-23-24-25-26-27-28-29-30-31-32-33-34-35-36-37-38-39-40-41-42-43-44-45-46-47-48-49-50-51-52-53-54-55-56-57-58-59-60-61-62-63-64-65-66-67-68-69-70-71-72-73-74-75-76-77-78-79-80-81-82-83-84-85-86-87-88-89-90-91-92-93-94-95-96-97-98-99-100-101-102/h1H. The fourth-order valence-electron chi connectivity index (χ4n) is 3.06. The van der Waals surface area contributed by atoms with Gasteiger partial charge in [0.25, 0.3) is 0 Å². The molecule has 0 aliphatic carbocycles. The Balaban J connectivity index is 4.64. The molecule has 0 rings (SSSR count). The Bertz CT molecular complexity index is 6830. The third-order valence-corrected chi connectivity index (χ3v) is 6.19. The number of terminal acetylenes is 1. The van der Waals surface area contributed by atoms with Crippen LogP contribution in [0.15, 0.2) is 0 Å². The number of hydrogen-bond acceptors (Lipinski definition) is 1. The largest absolute Gasteiger partial charge is 0.183 e. The third kappa shape index (κ3) is 77.5. The van der Waals surface area contributed by atoms with E-state index >= 15 is 0 Å². The lowest BCUT2D eigenvalue weighted by Crippen LogP contribution is -1.57. The molecule has 0 aromatic heterocycles. The molecule has 1 heteroatoms. The average molecular weight is 1230 g/mol. The van der Waals surface area contributed by atoms with Gasteiger partial charge in [-0.1, -0.05) is 0 Å². The highest BCUT2D eigenvalue weighted by atomic mass is 14.2. The highest BCUT2D eigenvalue weighted by Gasteiger charge is 1.67. The number of rotatable bonds is 0. The van der Waals surface area contributed by atoms with Gasteiger partial charge >= 0.3 is 0 Å².